The second-order valence-electron chi connectivity index (χ2n) is 6.89. The highest BCUT2D eigenvalue weighted by atomic mass is 16.5. The van der Waals surface area contributed by atoms with E-state index in [0.717, 1.165) is 56.7 Å². The van der Waals surface area contributed by atoms with Crippen LogP contribution in [0.4, 0.5) is 0 Å². The molecule has 2 N–H and O–H groups in total. The number of nitrogens with zero attached hydrogens (tertiary/aromatic N) is 2. The summed E-state index contributed by atoms with van der Waals surface area (Å²) < 4.78 is 11.2. The molecule has 0 radical (unpaired) electrons. The molecule has 1 aromatic rings. The molecule has 1 heterocycles. The van der Waals surface area contributed by atoms with Crippen molar-refractivity contribution in [1.82, 2.24) is 15.5 Å². The minimum atomic E-state index is 0.175. The van der Waals surface area contributed by atoms with Crippen LogP contribution in [0.15, 0.2) is 29.3 Å². The van der Waals surface area contributed by atoms with E-state index in [1.165, 1.54) is 0 Å². The molecule has 0 saturated carbocycles. The van der Waals surface area contributed by atoms with Gasteiger partial charge in [-0.05, 0) is 45.4 Å². The van der Waals surface area contributed by atoms with Crippen molar-refractivity contribution < 1.29 is 9.47 Å². The van der Waals surface area contributed by atoms with Crippen LogP contribution in [0.25, 0.3) is 0 Å². The van der Waals surface area contributed by atoms with E-state index in [1.54, 1.807) is 0 Å². The van der Waals surface area contributed by atoms with Crippen molar-refractivity contribution in [3.63, 3.8) is 0 Å². The van der Waals surface area contributed by atoms with Gasteiger partial charge >= 0.3 is 0 Å². The molecule has 1 aliphatic rings. The van der Waals surface area contributed by atoms with Gasteiger partial charge in [0.15, 0.2) is 5.96 Å². The van der Waals surface area contributed by atoms with Gasteiger partial charge in [-0.1, -0.05) is 12.1 Å². The molecule has 26 heavy (non-hydrogen) atoms. The number of rotatable bonds is 8. The van der Waals surface area contributed by atoms with E-state index in [0.29, 0.717) is 12.6 Å². The van der Waals surface area contributed by atoms with E-state index in [4.69, 9.17) is 14.5 Å². The Morgan fingerprint density at radius 2 is 2.00 bits per heavy atom. The molecule has 1 aromatic carbocycles. The fourth-order valence-corrected chi connectivity index (χ4v) is 2.89. The van der Waals surface area contributed by atoms with Crippen LogP contribution in [0.2, 0.25) is 0 Å². The first-order chi connectivity index (χ1) is 12.6. The number of aliphatic imine (C=N–C) groups is 1. The maximum atomic E-state index is 5.76. The predicted molar refractivity (Wildman–Crippen MR) is 107 cm³/mol. The van der Waals surface area contributed by atoms with Gasteiger partial charge < -0.3 is 20.1 Å². The van der Waals surface area contributed by atoms with E-state index in [-0.39, 0.29) is 6.10 Å². The Hall–Kier alpha value is -1.79. The maximum absolute atomic E-state index is 5.76. The Balaban J connectivity index is 1.89. The van der Waals surface area contributed by atoms with Gasteiger partial charge in [0.25, 0.3) is 0 Å². The van der Waals surface area contributed by atoms with Gasteiger partial charge in [0.05, 0.1) is 25.9 Å². The predicted octanol–water partition coefficient (Wildman–Crippen LogP) is 2.25. The van der Waals surface area contributed by atoms with Gasteiger partial charge in [0.2, 0.25) is 0 Å². The summed E-state index contributed by atoms with van der Waals surface area (Å²) in [6, 6.07) is 8.59. The molecule has 1 aliphatic heterocycles. The summed E-state index contributed by atoms with van der Waals surface area (Å²) in [6.07, 6.45) is 0.175. The van der Waals surface area contributed by atoms with Crippen molar-refractivity contribution in [2.75, 3.05) is 39.4 Å². The average molecular weight is 363 g/mol. The molecule has 2 rings (SSSR count). The lowest BCUT2D eigenvalue weighted by Crippen LogP contribution is -2.49. The minimum Gasteiger partial charge on any atom is -0.491 e. The van der Waals surface area contributed by atoms with E-state index in [2.05, 4.69) is 41.5 Å². The Bertz CT molecular complexity index is 556. The van der Waals surface area contributed by atoms with Crippen LogP contribution in [0.1, 0.15) is 33.3 Å². The molecule has 6 heteroatoms. The van der Waals surface area contributed by atoms with Gasteiger partial charge in [-0.25, -0.2) is 4.99 Å². The third-order valence-corrected chi connectivity index (χ3v) is 4.27. The zero-order chi connectivity index (χ0) is 18.8. The minimum absolute atomic E-state index is 0.175. The first kappa shape index (κ1) is 20.5. The third kappa shape index (κ3) is 7.22. The van der Waals surface area contributed by atoms with Crippen molar-refractivity contribution in [2.45, 2.75) is 46.4 Å². The number of hydrogen-bond acceptors (Lipinski definition) is 4. The van der Waals surface area contributed by atoms with Crippen LogP contribution < -0.4 is 15.4 Å². The van der Waals surface area contributed by atoms with Crippen LogP contribution in [0.3, 0.4) is 0 Å². The Kier molecular flexibility index (Phi) is 8.71. The van der Waals surface area contributed by atoms with Crippen molar-refractivity contribution >= 4 is 5.96 Å². The SMILES string of the molecule is CCNC(=NCc1cccc(OC(C)C)c1)NCC(C)N1CCOCC1. The molecule has 0 spiro atoms. The highest BCUT2D eigenvalue weighted by Gasteiger charge is 2.16. The summed E-state index contributed by atoms with van der Waals surface area (Å²) in [5.74, 6) is 1.74. The topological polar surface area (TPSA) is 58.1 Å². The molecule has 1 saturated heterocycles. The van der Waals surface area contributed by atoms with Crippen LogP contribution in [0.5, 0.6) is 5.75 Å². The summed E-state index contributed by atoms with van der Waals surface area (Å²) in [4.78, 5) is 7.17. The number of morpholine rings is 1. The lowest BCUT2D eigenvalue weighted by Gasteiger charge is -2.32. The van der Waals surface area contributed by atoms with E-state index in [1.807, 2.05) is 26.0 Å². The van der Waals surface area contributed by atoms with E-state index < -0.39 is 0 Å². The van der Waals surface area contributed by atoms with Gasteiger partial charge in [-0.2, -0.15) is 0 Å². The van der Waals surface area contributed by atoms with Gasteiger partial charge in [-0.15, -0.1) is 0 Å². The molecule has 146 valence electrons. The fourth-order valence-electron chi connectivity index (χ4n) is 2.89. The second-order valence-corrected chi connectivity index (χ2v) is 6.89. The van der Waals surface area contributed by atoms with Crippen molar-refractivity contribution in [2.24, 2.45) is 4.99 Å². The molecular formula is C20H34N4O2. The van der Waals surface area contributed by atoms with E-state index >= 15 is 0 Å². The molecule has 1 unspecified atom stereocenters. The summed E-state index contributed by atoms with van der Waals surface area (Å²) in [5.41, 5.74) is 1.14. The average Bonchev–Trinajstić information content (AvgIpc) is 2.64. The first-order valence-corrected chi connectivity index (χ1v) is 9.68. The maximum Gasteiger partial charge on any atom is 0.191 e. The van der Waals surface area contributed by atoms with Crippen molar-refractivity contribution in [1.29, 1.82) is 0 Å². The van der Waals surface area contributed by atoms with Crippen molar-refractivity contribution in [3.05, 3.63) is 29.8 Å². The summed E-state index contributed by atoms with van der Waals surface area (Å²) in [6.45, 7) is 14.4. The zero-order valence-electron chi connectivity index (χ0n) is 16.6. The first-order valence-electron chi connectivity index (χ1n) is 9.68. The second kappa shape index (κ2) is 11.0. The zero-order valence-corrected chi connectivity index (χ0v) is 16.6. The number of nitrogens with one attached hydrogen (secondary N) is 2. The lowest BCUT2D eigenvalue weighted by molar-refractivity contribution is 0.0211. The van der Waals surface area contributed by atoms with Crippen LogP contribution in [-0.4, -0.2) is 62.4 Å². The Labute approximate surface area is 158 Å². The third-order valence-electron chi connectivity index (χ3n) is 4.27. The molecule has 0 bridgehead atoms. The number of ether oxygens (including phenoxy) is 2. The number of guanidine groups is 1. The van der Waals surface area contributed by atoms with Gasteiger partial charge in [0.1, 0.15) is 5.75 Å². The van der Waals surface area contributed by atoms with Gasteiger partial charge in [0, 0.05) is 32.2 Å². The van der Waals surface area contributed by atoms with Crippen molar-refractivity contribution in [3.8, 4) is 5.75 Å². The van der Waals surface area contributed by atoms with Crippen LogP contribution >= 0.6 is 0 Å². The summed E-state index contributed by atoms with van der Waals surface area (Å²) in [7, 11) is 0. The molecule has 0 aromatic heterocycles. The Morgan fingerprint density at radius 3 is 2.69 bits per heavy atom. The van der Waals surface area contributed by atoms with Gasteiger partial charge in [-0.3, -0.25) is 4.90 Å². The standard InChI is InChI=1S/C20H34N4O2/c1-5-21-20(22-14-17(4)24-9-11-25-12-10-24)23-15-18-7-6-8-19(13-18)26-16(2)3/h6-8,13,16-17H,5,9-12,14-15H2,1-4H3,(H2,21,22,23). The van der Waals surface area contributed by atoms with E-state index in [9.17, 15) is 0 Å². The molecule has 1 fully saturated rings. The highest BCUT2D eigenvalue weighted by molar-refractivity contribution is 5.79. The molecule has 0 amide bonds. The quantitative estimate of drug-likeness (QED) is 0.549. The largest absolute Gasteiger partial charge is 0.491 e. The normalized spacial score (nSPS) is 17.2. The highest BCUT2D eigenvalue weighted by Crippen LogP contribution is 2.15. The summed E-state index contributed by atoms with van der Waals surface area (Å²) in [5, 5.41) is 6.78. The molecule has 0 aliphatic carbocycles. The summed E-state index contributed by atoms with van der Waals surface area (Å²) >= 11 is 0. The fraction of sp³-hybridized carbons (Fsp3) is 0.650. The number of hydrogen-bond donors (Lipinski definition) is 2. The van der Waals surface area contributed by atoms with Crippen LogP contribution in [0, 0.1) is 0 Å². The molecule has 6 nitrogen and oxygen atoms in total. The lowest BCUT2D eigenvalue weighted by atomic mass is 10.2. The Morgan fingerprint density at radius 1 is 1.23 bits per heavy atom. The molecule has 1 atom stereocenters. The molecular weight excluding hydrogens is 328 g/mol. The monoisotopic (exact) mass is 362 g/mol. The smallest absolute Gasteiger partial charge is 0.191 e. The number of benzene rings is 1. The van der Waals surface area contributed by atoms with Crippen LogP contribution in [-0.2, 0) is 11.3 Å².